The van der Waals surface area contributed by atoms with Gasteiger partial charge in [0, 0.05) is 37.1 Å². The molecule has 0 aromatic carbocycles. The molecule has 152 valence electrons. The summed E-state index contributed by atoms with van der Waals surface area (Å²) in [6, 6.07) is -0.0180. The van der Waals surface area contributed by atoms with Gasteiger partial charge in [-0.25, -0.2) is 12.7 Å². The van der Waals surface area contributed by atoms with Crippen molar-refractivity contribution < 1.29 is 17.9 Å². The number of hydrogen-bond donors (Lipinski definition) is 2. The van der Waals surface area contributed by atoms with E-state index in [-0.39, 0.29) is 42.1 Å². The lowest BCUT2D eigenvalue weighted by molar-refractivity contribution is -0.225. The Balaban J connectivity index is 0.00000243. The summed E-state index contributed by atoms with van der Waals surface area (Å²) in [7, 11) is -3.15. The van der Waals surface area contributed by atoms with E-state index < -0.39 is 21.0 Å². The highest BCUT2D eigenvalue weighted by atomic mass is 35.5. The third-order valence-corrected chi connectivity index (χ3v) is 8.49. The molecule has 26 heavy (non-hydrogen) atoms. The summed E-state index contributed by atoms with van der Waals surface area (Å²) in [5, 5.41) is 3.10. The summed E-state index contributed by atoms with van der Waals surface area (Å²) in [5.74, 6) is 0.0746. The summed E-state index contributed by atoms with van der Waals surface area (Å²) in [5.41, 5.74) is 5.31. The Bertz CT molecular complexity index is 634. The molecule has 0 bridgehead atoms. The second-order valence-electron chi connectivity index (χ2n) is 8.18. The van der Waals surface area contributed by atoms with E-state index in [0.29, 0.717) is 25.9 Å². The van der Waals surface area contributed by atoms with Gasteiger partial charge in [0.05, 0.1) is 11.9 Å². The number of ether oxygens (including phenoxy) is 1. The summed E-state index contributed by atoms with van der Waals surface area (Å²) in [4.78, 5) is 13.0. The van der Waals surface area contributed by atoms with Crippen LogP contribution in [0, 0.1) is 11.3 Å². The third-order valence-electron chi connectivity index (χ3n) is 6.61. The summed E-state index contributed by atoms with van der Waals surface area (Å²) >= 11 is 0. The van der Waals surface area contributed by atoms with Gasteiger partial charge in [0.2, 0.25) is 15.9 Å². The van der Waals surface area contributed by atoms with Crippen LogP contribution >= 0.6 is 12.4 Å². The van der Waals surface area contributed by atoms with E-state index in [0.717, 1.165) is 19.4 Å². The minimum absolute atomic E-state index is 0. The zero-order valence-electron chi connectivity index (χ0n) is 15.9. The quantitative estimate of drug-likeness (QED) is 0.717. The molecule has 3 unspecified atom stereocenters. The maximum atomic E-state index is 13.0. The molecule has 3 aliphatic rings. The van der Waals surface area contributed by atoms with Gasteiger partial charge in [0.25, 0.3) is 0 Å². The lowest BCUT2D eigenvalue weighted by atomic mass is 9.46. The van der Waals surface area contributed by atoms with Crippen LogP contribution in [-0.2, 0) is 19.6 Å². The molecule has 2 saturated heterocycles. The van der Waals surface area contributed by atoms with Gasteiger partial charge in [0.1, 0.15) is 5.54 Å². The number of nitrogens with one attached hydrogen (secondary N) is 1. The highest BCUT2D eigenvalue weighted by Crippen LogP contribution is 2.57. The number of fused-ring (bicyclic) bond motifs is 1. The smallest absolute Gasteiger partial charge is 0.241 e. The summed E-state index contributed by atoms with van der Waals surface area (Å²) < 4.78 is 31.3. The van der Waals surface area contributed by atoms with Crippen LogP contribution in [0.15, 0.2) is 0 Å². The van der Waals surface area contributed by atoms with Crippen LogP contribution in [0.5, 0.6) is 0 Å². The number of piperidine rings is 1. The number of hydrogen-bond acceptors (Lipinski definition) is 5. The molecule has 0 aromatic heterocycles. The van der Waals surface area contributed by atoms with Gasteiger partial charge in [0.15, 0.2) is 0 Å². The molecule has 2 heterocycles. The first-order chi connectivity index (χ1) is 11.6. The van der Waals surface area contributed by atoms with E-state index in [1.165, 1.54) is 4.31 Å². The van der Waals surface area contributed by atoms with E-state index in [2.05, 4.69) is 5.32 Å². The highest BCUT2D eigenvalue weighted by Gasteiger charge is 2.70. The molecule has 7 nitrogen and oxygen atoms in total. The van der Waals surface area contributed by atoms with Crippen molar-refractivity contribution in [1.29, 1.82) is 0 Å². The number of halogens is 1. The van der Waals surface area contributed by atoms with Gasteiger partial charge in [-0.3, -0.25) is 4.79 Å². The zero-order chi connectivity index (χ0) is 18.5. The van der Waals surface area contributed by atoms with Crippen molar-refractivity contribution in [3.8, 4) is 0 Å². The first-order valence-electron chi connectivity index (χ1n) is 9.34. The third kappa shape index (κ3) is 3.28. The minimum Gasteiger partial charge on any atom is -0.377 e. The first kappa shape index (κ1) is 21.9. The summed E-state index contributed by atoms with van der Waals surface area (Å²) in [6.45, 7) is 7.33. The van der Waals surface area contributed by atoms with Crippen molar-refractivity contribution in [1.82, 2.24) is 9.62 Å². The van der Waals surface area contributed by atoms with Gasteiger partial charge < -0.3 is 15.8 Å². The van der Waals surface area contributed by atoms with Crippen molar-refractivity contribution in [2.75, 3.05) is 25.4 Å². The standard InChI is InChI=1S/C17H31N3O4S.ClH/c1-4-25(22,23)20-9-7-12(8-10-20)19-15(21)17(18)13-6-5-11-24-14(13)16(17,2)3;/h12-14H,4-11,18H2,1-3H3,(H,19,21);1H. The molecule has 1 saturated carbocycles. The van der Waals surface area contributed by atoms with Crippen LogP contribution in [0.2, 0.25) is 0 Å². The van der Waals surface area contributed by atoms with Gasteiger partial charge in [-0.2, -0.15) is 0 Å². The highest BCUT2D eigenvalue weighted by molar-refractivity contribution is 7.89. The Hall–Kier alpha value is -0.410. The SMILES string of the molecule is CCS(=O)(=O)N1CCC(NC(=O)C2(N)C3CCCOC3C2(C)C)CC1.Cl. The number of rotatable bonds is 4. The van der Waals surface area contributed by atoms with Crippen molar-refractivity contribution in [3.63, 3.8) is 0 Å². The molecule has 1 aliphatic carbocycles. The number of nitrogens with two attached hydrogens (primary N) is 1. The van der Waals surface area contributed by atoms with Gasteiger partial charge in [-0.05, 0) is 32.6 Å². The molecule has 2 aliphatic heterocycles. The molecule has 0 aromatic rings. The molecular formula is C17H32ClN3O4S. The van der Waals surface area contributed by atoms with E-state index in [9.17, 15) is 13.2 Å². The van der Waals surface area contributed by atoms with E-state index in [4.69, 9.17) is 10.5 Å². The molecular weight excluding hydrogens is 378 g/mol. The molecule has 0 spiro atoms. The second-order valence-corrected chi connectivity index (χ2v) is 10.4. The number of nitrogens with zero attached hydrogens (tertiary/aromatic N) is 1. The van der Waals surface area contributed by atoms with Crippen molar-refractivity contribution in [3.05, 3.63) is 0 Å². The predicted molar refractivity (Wildman–Crippen MR) is 103 cm³/mol. The number of sulfonamides is 1. The Morgan fingerprint density at radius 3 is 2.46 bits per heavy atom. The number of amides is 1. The first-order valence-corrected chi connectivity index (χ1v) is 10.9. The van der Waals surface area contributed by atoms with Gasteiger partial charge in [-0.15, -0.1) is 12.4 Å². The van der Waals surface area contributed by atoms with E-state index in [1.54, 1.807) is 6.92 Å². The van der Waals surface area contributed by atoms with Crippen molar-refractivity contribution in [2.45, 2.75) is 64.1 Å². The fraction of sp³-hybridized carbons (Fsp3) is 0.941. The van der Waals surface area contributed by atoms with Gasteiger partial charge in [-0.1, -0.05) is 13.8 Å². The normalized spacial score (nSPS) is 34.9. The van der Waals surface area contributed by atoms with Crippen LogP contribution in [0.1, 0.15) is 46.5 Å². The number of carbonyl (C=O) groups excluding carboxylic acids is 1. The Morgan fingerprint density at radius 1 is 1.27 bits per heavy atom. The summed E-state index contributed by atoms with van der Waals surface area (Å²) in [6.07, 6.45) is 3.17. The fourth-order valence-corrected chi connectivity index (χ4v) is 5.93. The zero-order valence-corrected chi connectivity index (χ0v) is 17.5. The molecule has 9 heteroatoms. The number of carbonyl (C=O) groups is 1. The van der Waals surface area contributed by atoms with Crippen LogP contribution < -0.4 is 11.1 Å². The van der Waals surface area contributed by atoms with E-state index >= 15 is 0 Å². The van der Waals surface area contributed by atoms with Crippen molar-refractivity contribution >= 4 is 28.3 Å². The monoisotopic (exact) mass is 409 g/mol. The predicted octanol–water partition coefficient (Wildman–Crippen LogP) is 0.871. The Morgan fingerprint density at radius 2 is 1.88 bits per heavy atom. The molecule has 3 N–H and O–H groups in total. The maximum Gasteiger partial charge on any atom is 0.241 e. The fourth-order valence-electron chi connectivity index (χ4n) is 4.80. The average molecular weight is 410 g/mol. The van der Waals surface area contributed by atoms with Crippen LogP contribution in [0.3, 0.4) is 0 Å². The topological polar surface area (TPSA) is 102 Å². The Kier molecular flexibility index (Phi) is 6.35. The lowest BCUT2D eigenvalue weighted by Crippen LogP contribution is -2.82. The molecule has 0 radical (unpaired) electrons. The second kappa shape index (κ2) is 7.54. The molecule has 1 amide bonds. The van der Waals surface area contributed by atoms with E-state index in [1.807, 2.05) is 13.8 Å². The van der Waals surface area contributed by atoms with Crippen LogP contribution in [-0.4, -0.2) is 61.8 Å². The maximum absolute atomic E-state index is 13.0. The molecule has 3 atom stereocenters. The van der Waals surface area contributed by atoms with Crippen LogP contribution in [0.25, 0.3) is 0 Å². The Labute approximate surface area is 162 Å². The van der Waals surface area contributed by atoms with Crippen LogP contribution in [0.4, 0.5) is 0 Å². The van der Waals surface area contributed by atoms with Crippen molar-refractivity contribution in [2.24, 2.45) is 17.1 Å². The minimum atomic E-state index is -3.15. The molecule has 3 fully saturated rings. The average Bonchev–Trinajstić information content (AvgIpc) is 2.61. The molecule has 3 rings (SSSR count). The largest absolute Gasteiger partial charge is 0.377 e. The lowest BCUT2D eigenvalue weighted by Gasteiger charge is -2.65. The van der Waals surface area contributed by atoms with Gasteiger partial charge >= 0.3 is 0 Å².